The molecule has 4 rings (SSSR count). The molecule has 0 aromatic heterocycles. The summed E-state index contributed by atoms with van der Waals surface area (Å²) in [5.74, 6) is 2.20. The molecule has 4 fully saturated rings. The van der Waals surface area contributed by atoms with Crippen molar-refractivity contribution in [2.45, 2.75) is 63.6 Å². The van der Waals surface area contributed by atoms with Gasteiger partial charge in [0.05, 0.1) is 32.0 Å². The van der Waals surface area contributed by atoms with Gasteiger partial charge in [0.15, 0.2) is 0 Å². The highest BCUT2D eigenvalue weighted by molar-refractivity contribution is 4.86. The van der Waals surface area contributed by atoms with Crippen molar-refractivity contribution in [1.82, 2.24) is 0 Å². The summed E-state index contributed by atoms with van der Waals surface area (Å²) in [7, 11) is 0. The summed E-state index contributed by atoms with van der Waals surface area (Å²) >= 11 is 0. The Morgan fingerprint density at radius 2 is 1.59 bits per heavy atom. The van der Waals surface area contributed by atoms with Gasteiger partial charge >= 0.3 is 0 Å². The molecule has 3 aliphatic heterocycles. The Bertz CT molecular complexity index is 289. The molecule has 96 valence electrons. The van der Waals surface area contributed by atoms with Gasteiger partial charge in [-0.1, -0.05) is 6.42 Å². The lowest BCUT2D eigenvalue weighted by atomic mass is 9.70. The largest absolute Gasteiger partial charge is 0.286 e. The Kier molecular flexibility index (Phi) is 2.69. The molecule has 0 radical (unpaired) electrons. The van der Waals surface area contributed by atoms with Crippen molar-refractivity contribution in [1.29, 1.82) is 0 Å². The molecule has 1 aliphatic carbocycles. The maximum Gasteiger partial charge on any atom is 0.213 e. The standard InChI is InChI=1S/C15H26N2/c1-2-9-16-11-13-6-3-5-12-7-4-10-17(15(12)13)14(16)8-1/h12-15H,1-11H2/p+2/t12-,13-,14-,15+/m0/s1. The number of fused-ring (bicyclic) bond motifs is 2. The fourth-order valence-electron chi connectivity index (χ4n) is 5.79. The highest BCUT2D eigenvalue weighted by Crippen LogP contribution is 2.33. The topological polar surface area (TPSA) is 8.88 Å². The third kappa shape index (κ3) is 1.67. The minimum atomic E-state index is 1.01. The van der Waals surface area contributed by atoms with Crippen molar-refractivity contribution in [3.05, 3.63) is 0 Å². The average Bonchev–Trinajstić information content (AvgIpc) is 2.39. The van der Waals surface area contributed by atoms with E-state index in [4.69, 9.17) is 0 Å². The summed E-state index contributed by atoms with van der Waals surface area (Å²) in [5, 5.41) is 0. The summed E-state index contributed by atoms with van der Waals surface area (Å²) in [6, 6.07) is 1.09. The molecule has 0 aromatic carbocycles. The number of hydrogen-bond acceptors (Lipinski definition) is 0. The van der Waals surface area contributed by atoms with Gasteiger partial charge in [-0.3, -0.25) is 9.80 Å². The SMILES string of the molecule is C1C[C@H]2CCC[NH+]3[C@H]2[C@@H](C1)C[NH+]1CCCC[C@@H]13. The molecule has 17 heavy (non-hydrogen) atoms. The maximum atomic E-state index is 2.06. The fraction of sp³-hybridized carbons (Fsp3) is 1.00. The van der Waals surface area contributed by atoms with E-state index in [0.29, 0.717) is 0 Å². The second-order valence-corrected chi connectivity index (χ2v) is 7.10. The van der Waals surface area contributed by atoms with Gasteiger partial charge in [-0.05, 0) is 38.5 Å². The first-order chi connectivity index (χ1) is 8.43. The van der Waals surface area contributed by atoms with Gasteiger partial charge in [0.2, 0.25) is 6.17 Å². The summed E-state index contributed by atoms with van der Waals surface area (Å²) in [5.41, 5.74) is 0. The normalized spacial score (nSPS) is 53.6. The van der Waals surface area contributed by atoms with Crippen molar-refractivity contribution >= 4 is 0 Å². The van der Waals surface area contributed by atoms with E-state index in [9.17, 15) is 0 Å². The van der Waals surface area contributed by atoms with Crippen molar-refractivity contribution < 1.29 is 9.80 Å². The van der Waals surface area contributed by atoms with E-state index in [2.05, 4.69) is 4.90 Å². The molecule has 0 bridgehead atoms. The van der Waals surface area contributed by atoms with Gasteiger partial charge in [-0.25, -0.2) is 0 Å². The smallest absolute Gasteiger partial charge is 0.213 e. The molecule has 1 saturated carbocycles. The molecule has 4 aliphatic rings. The second-order valence-electron chi connectivity index (χ2n) is 7.10. The van der Waals surface area contributed by atoms with Gasteiger partial charge in [0, 0.05) is 5.92 Å². The highest BCUT2D eigenvalue weighted by atomic mass is 15.4. The van der Waals surface area contributed by atoms with Crippen LogP contribution < -0.4 is 9.80 Å². The quantitative estimate of drug-likeness (QED) is 0.579. The molecular formula is C15H28N2+2. The van der Waals surface area contributed by atoms with Crippen molar-refractivity contribution in [2.75, 3.05) is 19.6 Å². The predicted octanol–water partition coefficient (Wildman–Crippen LogP) is -0.141. The Hall–Kier alpha value is -0.0800. The van der Waals surface area contributed by atoms with Crippen LogP contribution in [-0.4, -0.2) is 31.8 Å². The molecule has 2 N–H and O–H groups in total. The van der Waals surface area contributed by atoms with Crippen LogP contribution in [0.1, 0.15) is 51.4 Å². The van der Waals surface area contributed by atoms with E-state index >= 15 is 0 Å². The number of quaternary nitrogens is 2. The van der Waals surface area contributed by atoms with E-state index in [-0.39, 0.29) is 0 Å². The van der Waals surface area contributed by atoms with Crippen molar-refractivity contribution in [3.63, 3.8) is 0 Å². The lowest BCUT2D eigenvalue weighted by molar-refractivity contribution is -1.16. The van der Waals surface area contributed by atoms with E-state index in [1.54, 1.807) is 19.3 Å². The molecule has 0 aromatic rings. The molecule has 3 heterocycles. The van der Waals surface area contributed by atoms with Gasteiger partial charge in [-0.2, -0.15) is 0 Å². The van der Waals surface area contributed by atoms with E-state index in [1.165, 1.54) is 51.7 Å². The van der Waals surface area contributed by atoms with E-state index in [1.807, 2.05) is 4.90 Å². The molecule has 0 amide bonds. The van der Waals surface area contributed by atoms with Crippen LogP contribution in [0.4, 0.5) is 0 Å². The third-order valence-electron chi connectivity index (χ3n) is 6.34. The minimum absolute atomic E-state index is 1.01. The monoisotopic (exact) mass is 236 g/mol. The average molecular weight is 236 g/mol. The van der Waals surface area contributed by atoms with Crippen LogP contribution in [0.5, 0.6) is 0 Å². The molecular weight excluding hydrogens is 208 g/mol. The van der Waals surface area contributed by atoms with Gasteiger partial charge < -0.3 is 0 Å². The second kappa shape index (κ2) is 4.24. The molecule has 6 atom stereocenters. The fourth-order valence-corrected chi connectivity index (χ4v) is 5.79. The Labute approximate surface area is 105 Å². The molecule has 2 heteroatoms. The first-order valence-electron chi connectivity index (χ1n) is 8.13. The van der Waals surface area contributed by atoms with Crippen LogP contribution in [0.3, 0.4) is 0 Å². The Morgan fingerprint density at radius 3 is 2.59 bits per heavy atom. The van der Waals surface area contributed by atoms with Crippen LogP contribution in [0, 0.1) is 11.8 Å². The molecule has 3 saturated heterocycles. The molecule has 2 nitrogen and oxygen atoms in total. The zero-order chi connectivity index (χ0) is 11.2. The number of hydrogen-bond donors (Lipinski definition) is 2. The van der Waals surface area contributed by atoms with Gasteiger partial charge in [0.25, 0.3) is 0 Å². The highest BCUT2D eigenvalue weighted by Gasteiger charge is 2.53. The minimum Gasteiger partial charge on any atom is -0.286 e. The number of piperidine rings is 2. The van der Waals surface area contributed by atoms with Crippen molar-refractivity contribution in [2.24, 2.45) is 11.8 Å². The lowest BCUT2D eigenvalue weighted by Gasteiger charge is -2.54. The van der Waals surface area contributed by atoms with Gasteiger partial charge in [-0.15, -0.1) is 0 Å². The summed E-state index contributed by atoms with van der Waals surface area (Å²) in [6.07, 6.45) is 13.3. The maximum absolute atomic E-state index is 2.06. The van der Waals surface area contributed by atoms with Crippen molar-refractivity contribution in [3.8, 4) is 0 Å². The first kappa shape index (κ1) is 10.8. The first-order valence-corrected chi connectivity index (χ1v) is 8.13. The summed E-state index contributed by atoms with van der Waals surface area (Å²) in [4.78, 5) is 4.06. The van der Waals surface area contributed by atoms with Gasteiger partial charge in [0.1, 0.15) is 6.04 Å². The lowest BCUT2D eigenvalue weighted by Crippen LogP contribution is -3.42. The summed E-state index contributed by atoms with van der Waals surface area (Å²) < 4.78 is 0. The van der Waals surface area contributed by atoms with Crippen LogP contribution >= 0.6 is 0 Å². The number of rotatable bonds is 0. The van der Waals surface area contributed by atoms with Crippen LogP contribution in [0.15, 0.2) is 0 Å². The molecule has 0 spiro atoms. The Morgan fingerprint density at radius 1 is 0.706 bits per heavy atom. The van der Waals surface area contributed by atoms with E-state index < -0.39 is 0 Å². The zero-order valence-corrected chi connectivity index (χ0v) is 11.1. The zero-order valence-electron chi connectivity index (χ0n) is 11.1. The third-order valence-corrected chi connectivity index (χ3v) is 6.34. The number of nitrogens with one attached hydrogen (secondary N) is 2. The molecule has 2 unspecified atom stereocenters. The van der Waals surface area contributed by atoms with Crippen LogP contribution in [0.25, 0.3) is 0 Å². The Balaban J connectivity index is 1.63. The van der Waals surface area contributed by atoms with E-state index in [0.717, 1.165) is 24.0 Å². The predicted molar refractivity (Wildman–Crippen MR) is 68.0 cm³/mol. The van der Waals surface area contributed by atoms with Crippen LogP contribution in [-0.2, 0) is 0 Å². The summed E-state index contributed by atoms with van der Waals surface area (Å²) in [6.45, 7) is 4.53. The van der Waals surface area contributed by atoms with Crippen LogP contribution in [0.2, 0.25) is 0 Å².